The summed E-state index contributed by atoms with van der Waals surface area (Å²) >= 11 is 0. The minimum atomic E-state index is 0.115. The van der Waals surface area contributed by atoms with Crippen LogP contribution < -0.4 is 9.47 Å². The van der Waals surface area contributed by atoms with Crippen molar-refractivity contribution in [1.29, 1.82) is 0 Å². The molecule has 2 fully saturated rings. The van der Waals surface area contributed by atoms with E-state index in [2.05, 4.69) is 6.07 Å². The van der Waals surface area contributed by atoms with Gasteiger partial charge in [0, 0.05) is 13.2 Å². The van der Waals surface area contributed by atoms with Gasteiger partial charge >= 0.3 is 0 Å². The van der Waals surface area contributed by atoms with Gasteiger partial charge in [0.1, 0.15) is 13.2 Å². The Balaban J connectivity index is 1.49. The summed E-state index contributed by atoms with van der Waals surface area (Å²) in [6, 6.07) is 6.22. The molecule has 124 valence electrons. The van der Waals surface area contributed by atoms with E-state index in [1.54, 1.807) is 0 Å². The Hall–Kier alpha value is -1.75. The van der Waals surface area contributed by atoms with Gasteiger partial charge in [-0.25, -0.2) is 0 Å². The van der Waals surface area contributed by atoms with Crippen molar-refractivity contribution in [2.45, 2.75) is 44.2 Å². The van der Waals surface area contributed by atoms with Gasteiger partial charge in [0.2, 0.25) is 5.91 Å². The Morgan fingerprint density at radius 1 is 1.09 bits per heavy atom. The van der Waals surface area contributed by atoms with Crippen molar-refractivity contribution in [3.05, 3.63) is 23.8 Å². The van der Waals surface area contributed by atoms with Crippen molar-refractivity contribution in [3.63, 3.8) is 0 Å². The molecule has 0 radical (unpaired) electrons. The van der Waals surface area contributed by atoms with Crippen LogP contribution in [0.25, 0.3) is 0 Å². The lowest BCUT2D eigenvalue weighted by Crippen LogP contribution is -2.33. The monoisotopic (exact) mass is 317 g/mol. The number of nitrogens with zero attached hydrogens (tertiary/aromatic N) is 1. The van der Waals surface area contributed by atoms with Crippen molar-refractivity contribution >= 4 is 5.91 Å². The third-order valence-corrected chi connectivity index (χ3v) is 4.95. The average Bonchev–Trinajstić information content (AvgIpc) is 3.25. The lowest BCUT2D eigenvalue weighted by Gasteiger charge is -2.27. The Kier molecular flexibility index (Phi) is 4.12. The van der Waals surface area contributed by atoms with Crippen LogP contribution in [0.5, 0.6) is 11.5 Å². The van der Waals surface area contributed by atoms with Crippen molar-refractivity contribution in [2.75, 3.05) is 26.4 Å². The van der Waals surface area contributed by atoms with Gasteiger partial charge in [-0.05, 0) is 43.4 Å². The summed E-state index contributed by atoms with van der Waals surface area (Å²) in [5.41, 5.74) is 1.15. The van der Waals surface area contributed by atoms with Crippen molar-refractivity contribution in [2.24, 2.45) is 0 Å². The number of fused-ring (bicyclic) bond motifs is 1. The molecule has 3 aliphatic rings. The summed E-state index contributed by atoms with van der Waals surface area (Å²) < 4.78 is 16.9. The molecular formula is C18H23NO4. The van der Waals surface area contributed by atoms with Crippen LogP contribution in [0, 0.1) is 0 Å². The third kappa shape index (κ3) is 3.02. The maximum atomic E-state index is 12.7. The summed E-state index contributed by atoms with van der Waals surface area (Å²) in [6.45, 7) is 2.82. The molecule has 0 spiro atoms. The van der Waals surface area contributed by atoms with E-state index in [0.717, 1.165) is 55.9 Å². The van der Waals surface area contributed by atoms with Gasteiger partial charge in [-0.15, -0.1) is 0 Å². The Morgan fingerprint density at radius 3 is 2.78 bits per heavy atom. The number of likely N-dealkylation sites (tertiary alicyclic amines) is 1. The SMILES string of the molecule is O=C(CC1CCCO1)N1CCCC1c1ccc2c(c1)OCCO2. The molecule has 5 nitrogen and oxygen atoms in total. The van der Waals surface area contributed by atoms with Crippen LogP contribution in [0.3, 0.4) is 0 Å². The summed E-state index contributed by atoms with van der Waals surface area (Å²) in [5.74, 6) is 1.82. The molecule has 1 amide bonds. The molecule has 1 aromatic rings. The summed E-state index contributed by atoms with van der Waals surface area (Å²) in [5, 5.41) is 0. The number of ether oxygens (including phenoxy) is 3. The van der Waals surface area contributed by atoms with Gasteiger partial charge in [-0.1, -0.05) is 6.07 Å². The normalized spacial score (nSPS) is 26.5. The van der Waals surface area contributed by atoms with Crippen LogP contribution in [0.1, 0.15) is 43.7 Å². The molecule has 1 aromatic carbocycles. The highest BCUT2D eigenvalue weighted by Crippen LogP contribution is 2.38. The van der Waals surface area contributed by atoms with E-state index in [1.165, 1.54) is 0 Å². The minimum absolute atomic E-state index is 0.115. The first kappa shape index (κ1) is 14.8. The van der Waals surface area contributed by atoms with Gasteiger partial charge < -0.3 is 19.1 Å². The maximum absolute atomic E-state index is 12.7. The van der Waals surface area contributed by atoms with E-state index in [4.69, 9.17) is 14.2 Å². The predicted octanol–water partition coefficient (Wildman–Crippen LogP) is 2.69. The zero-order valence-electron chi connectivity index (χ0n) is 13.3. The molecule has 0 saturated carbocycles. The molecule has 2 saturated heterocycles. The first-order valence-corrected chi connectivity index (χ1v) is 8.62. The average molecular weight is 317 g/mol. The van der Waals surface area contributed by atoms with Crippen molar-refractivity contribution in [1.82, 2.24) is 4.90 Å². The molecule has 0 N–H and O–H groups in total. The standard InChI is InChI=1S/C18H23NO4/c20-18(12-14-3-2-8-21-14)19-7-1-4-15(19)13-5-6-16-17(11-13)23-10-9-22-16/h5-6,11,14-15H,1-4,7-10,12H2. The van der Waals surface area contributed by atoms with Crippen LogP contribution >= 0.6 is 0 Å². The molecule has 2 atom stereocenters. The van der Waals surface area contributed by atoms with E-state index in [-0.39, 0.29) is 18.1 Å². The van der Waals surface area contributed by atoms with Gasteiger partial charge in [-0.2, -0.15) is 0 Å². The fraction of sp³-hybridized carbons (Fsp3) is 0.611. The van der Waals surface area contributed by atoms with Crippen LogP contribution in [0.2, 0.25) is 0 Å². The maximum Gasteiger partial charge on any atom is 0.225 e. The summed E-state index contributed by atoms with van der Waals surface area (Å²) in [4.78, 5) is 14.7. The lowest BCUT2D eigenvalue weighted by molar-refractivity contribution is -0.134. The zero-order valence-corrected chi connectivity index (χ0v) is 13.3. The Labute approximate surface area is 136 Å². The number of carbonyl (C=O) groups is 1. The molecule has 0 aliphatic carbocycles. The van der Waals surface area contributed by atoms with Gasteiger partial charge in [0.25, 0.3) is 0 Å². The highest BCUT2D eigenvalue weighted by molar-refractivity contribution is 5.77. The summed E-state index contributed by atoms with van der Waals surface area (Å²) in [7, 11) is 0. The number of amides is 1. The molecule has 5 heteroatoms. The fourth-order valence-electron chi connectivity index (χ4n) is 3.80. The molecule has 2 unspecified atom stereocenters. The predicted molar refractivity (Wildman–Crippen MR) is 84.7 cm³/mol. The Morgan fingerprint density at radius 2 is 1.96 bits per heavy atom. The van der Waals surface area contributed by atoms with E-state index in [9.17, 15) is 4.79 Å². The van der Waals surface area contributed by atoms with E-state index < -0.39 is 0 Å². The minimum Gasteiger partial charge on any atom is -0.486 e. The summed E-state index contributed by atoms with van der Waals surface area (Å²) in [6.07, 6.45) is 4.77. The van der Waals surface area contributed by atoms with Crippen molar-refractivity contribution in [3.8, 4) is 11.5 Å². The second kappa shape index (κ2) is 6.40. The highest BCUT2D eigenvalue weighted by Gasteiger charge is 2.32. The largest absolute Gasteiger partial charge is 0.486 e. The van der Waals surface area contributed by atoms with Crippen LogP contribution in [-0.2, 0) is 9.53 Å². The molecular weight excluding hydrogens is 294 g/mol. The highest BCUT2D eigenvalue weighted by atomic mass is 16.6. The van der Waals surface area contributed by atoms with Crippen LogP contribution in [0.15, 0.2) is 18.2 Å². The molecule has 23 heavy (non-hydrogen) atoms. The van der Waals surface area contributed by atoms with E-state index in [1.807, 2.05) is 17.0 Å². The topological polar surface area (TPSA) is 48.0 Å². The second-order valence-electron chi connectivity index (χ2n) is 6.49. The number of rotatable bonds is 3. The van der Waals surface area contributed by atoms with Gasteiger partial charge in [0.05, 0.1) is 18.6 Å². The van der Waals surface area contributed by atoms with E-state index in [0.29, 0.717) is 19.6 Å². The number of hydrogen-bond acceptors (Lipinski definition) is 4. The van der Waals surface area contributed by atoms with Crippen LogP contribution in [0.4, 0.5) is 0 Å². The first-order chi connectivity index (χ1) is 11.3. The number of benzene rings is 1. The molecule has 3 aliphatic heterocycles. The van der Waals surface area contributed by atoms with Gasteiger partial charge in [0.15, 0.2) is 11.5 Å². The smallest absolute Gasteiger partial charge is 0.225 e. The van der Waals surface area contributed by atoms with E-state index >= 15 is 0 Å². The molecule has 0 aromatic heterocycles. The van der Waals surface area contributed by atoms with Crippen molar-refractivity contribution < 1.29 is 19.0 Å². The second-order valence-corrected chi connectivity index (χ2v) is 6.49. The Bertz CT molecular complexity index is 582. The lowest BCUT2D eigenvalue weighted by atomic mass is 10.0. The number of hydrogen-bond donors (Lipinski definition) is 0. The molecule has 4 rings (SSSR count). The van der Waals surface area contributed by atoms with Gasteiger partial charge in [-0.3, -0.25) is 4.79 Å². The first-order valence-electron chi connectivity index (χ1n) is 8.62. The van der Waals surface area contributed by atoms with Crippen LogP contribution in [-0.4, -0.2) is 43.3 Å². The zero-order chi connectivity index (χ0) is 15.6. The third-order valence-electron chi connectivity index (χ3n) is 4.95. The molecule has 0 bridgehead atoms. The quantitative estimate of drug-likeness (QED) is 0.860. The number of carbonyl (C=O) groups excluding carboxylic acids is 1. The molecule has 3 heterocycles. The fourth-order valence-corrected chi connectivity index (χ4v) is 3.80.